The van der Waals surface area contributed by atoms with Crippen LogP contribution in [0, 0.1) is 11.3 Å². The van der Waals surface area contributed by atoms with Gasteiger partial charge < -0.3 is 0 Å². The number of hydrogen-bond donors (Lipinski definition) is 0. The summed E-state index contributed by atoms with van der Waals surface area (Å²) in [5, 5.41) is 10.4. The van der Waals surface area contributed by atoms with Gasteiger partial charge in [0, 0.05) is 6.20 Å². The highest BCUT2D eigenvalue weighted by atomic mass is 35.5. The Bertz CT molecular complexity index is 541. The third-order valence-corrected chi connectivity index (χ3v) is 3.10. The molecule has 0 amide bonds. The first-order chi connectivity index (χ1) is 7.27. The second-order valence-corrected chi connectivity index (χ2v) is 4.52. The minimum atomic E-state index is 0.555. The zero-order valence-corrected chi connectivity index (χ0v) is 9.64. The first-order valence-electron chi connectivity index (χ1n) is 4.47. The van der Waals surface area contributed by atoms with Crippen molar-refractivity contribution >= 4 is 29.0 Å². The predicted molar refractivity (Wildman–Crippen MR) is 61.3 cm³/mol. The quantitative estimate of drug-likeness (QED) is 0.754. The summed E-state index contributed by atoms with van der Waals surface area (Å²) in [5.41, 5.74) is 1.20. The number of fused-ring (bicyclic) bond motifs is 1. The van der Waals surface area contributed by atoms with Crippen LogP contribution in [0.2, 0.25) is 5.02 Å². The minimum absolute atomic E-state index is 0.555. The van der Waals surface area contributed by atoms with Crippen molar-refractivity contribution in [1.29, 1.82) is 5.26 Å². The van der Waals surface area contributed by atoms with Gasteiger partial charge in [-0.1, -0.05) is 18.5 Å². The summed E-state index contributed by atoms with van der Waals surface area (Å²) in [6.45, 7) is 2.03. The summed E-state index contributed by atoms with van der Waals surface area (Å²) in [6, 6.07) is 5.72. The van der Waals surface area contributed by atoms with Crippen molar-refractivity contribution in [3.05, 3.63) is 29.0 Å². The Morgan fingerprint density at radius 1 is 1.67 bits per heavy atom. The van der Waals surface area contributed by atoms with Gasteiger partial charge in [-0.3, -0.25) is 4.40 Å². The average Bonchev–Trinajstić information content (AvgIpc) is 2.58. The van der Waals surface area contributed by atoms with Crippen LogP contribution < -0.4 is 0 Å². The van der Waals surface area contributed by atoms with Gasteiger partial charge in [0.05, 0.1) is 5.02 Å². The maximum atomic E-state index is 9.06. The normalized spacial score (nSPS) is 10.5. The first kappa shape index (κ1) is 10.3. The third-order valence-electron chi connectivity index (χ3n) is 1.96. The smallest absolute Gasteiger partial charge is 0.158 e. The van der Waals surface area contributed by atoms with Gasteiger partial charge in [-0.25, -0.2) is 4.98 Å². The summed E-state index contributed by atoms with van der Waals surface area (Å²) < 4.78 is 1.72. The Kier molecular flexibility index (Phi) is 2.85. The SMILES string of the molecule is CCSc1nc2c(Cl)cccn2c1C#N. The number of pyridine rings is 1. The number of thioether (sulfide) groups is 1. The van der Waals surface area contributed by atoms with Crippen LogP contribution in [-0.2, 0) is 0 Å². The minimum Gasteiger partial charge on any atom is -0.289 e. The van der Waals surface area contributed by atoms with E-state index in [0.717, 1.165) is 10.8 Å². The summed E-state index contributed by atoms with van der Waals surface area (Å²) in [4.78, 5) is 4.34. The van der Waals surface area contributed by atoms with E-state index in [1.165, 1.54) is 0 Å². The van der Waals surface area contributed by atoms with E-state index in [4.69, 9.17) is 16.9 Å². The Morgan fingerprint density at radius 3 is 3.13 bits per heavy atom. The van der Waals surface area contributed by atoms with Gasteiger partial charge in [0.15, 0.2) is 11.3 Å². The molecule has 76 valence electrons. The van der Waals surface area contributed by atoms with Crippen LogP contribution in [-0.4, -0.2) is 15.1 Å². The van der Waals surface area contributed by atoms with Gasteiger partial charge >= 0.3 is 0 Å². The van der Waals surface area contributed by atoms with Gasteiger partial charge in [0.1, 0.15) is 11.1 Å². The highest BCUT2D eigenvalue weighted by Crippen LogP contribution is 2.25. The lowest BCUT2D eigenvalue weighted by Gasteiger charge is -1.94. The molecule has 0 saturated heterocycles. The second-order valence-electron chi connectivity index (χ2n) is 2.86. The fourth-order valence-electron chi connectivity index (χ4n) is 1.35. The van der Waals surface area contributed by atoms with Crippen molar-refractivity contribution in [2.75, 3.05) is 5.75 Å². The molecule has 2 heterocycles. The number of nitrogens with zero attached hydrogens (tertiary/aromatic N) is 3. The molecule has 0 aliphatic carbocycles. The molecule has 2 aromatic heterocycles. The Balaban J connectivity index is 2.74. The van der Waals surface area contributed by atoms with E-state index in [2.05, 4.69) is 11.1 Å². The van der Waals surface area contributed by atoms with Crippen molar-refractivity contribution in [1.82, 2.24) is 9.38 Å². The zero-order valence-electron chi connectivity index (χ0n) is 8.07. The van der Waals surface area contributed by atoms with Gasteiger partial charge in [-0.15, -0.1) is 11.8 Å². The molecule has 0 aliphatic heterocycles. The van der Waals surface area contributed by atoms with Crippen molar-refractivity contribution in [2.24, 2.45) is 0 Å². The maximum absolute atomic E-state index is 9.06. The van der Waals surface area contributed by atoms with Crippen molar-refractivity contribution in [3.8, 4) is 6.07 Å². The number of nitriles is 1. The summed E-state index contributed by atoms with van der Waals surface area (Å²) in [5.74, 6) is 0.885. The fraction of sp³-hybridized carbons (Fsp3) is 0.200. The van der Waals surface area contributed by atoms with Gasteiger partial charge in [-0.2, -0.15) is 5.26 Å². The second kappa shape index (κ2) is 4.13. The topological polar surface area (TPSA) is 41.1 Å². The molecule has 0 atom stereocenters. The largest absolute Gasteiger partial charge is 0.289 e. The van der Waals surface area contributed by atoms with Gasteiger partial charge in [0.2, 0.25) is 0 Å². The molecule has 0 radical (unpaired) electrons. The zero-order chi connectivity index (χ0) is 10.8. The van der Waals surface area contributed by atoms with E-state index in [1.807, 2.05) is 6.92 Å². The van der Waals surface area contributed by atoms with Crippen LogP contribution in [0.15, 0.2) is 23.4 Å². The van der Waals surface area contributed by atoms with Crippen molar-refractivity contribution in [3.63, 3.8) is 0 Å². The molecule has 0 saturated carbocycles. The molecule has 3 nitrogen and oxygen atoms in total. The number of imidazole rings is 1. The molecule has 15 heavy (non-hydrogen) atoms. The predicted octanol–water partition coefficient (Wildman–Crippen LogP) is 2.97. The van der Waals surface area contributed by atoms with E-state index >= 15 is 0 Å². The average molecular weight is 238 g/mol. The molecule has 0 aliphatic rings. The van der Waals surface area contributed by atoms with Crippen LogP contribution in [0.1, 0.15) is 12.6 Å². The highest BCUT2D eigenvalue weighted by Gasteiger charge is 2.12. The molecule has 0 spiro atoms. The molecule has 2 rings (SSSR count). The molecular formula is C10H8ClN3S. The van der Waals surface area contributed by atoms with Crippen LogP contribution in [0.5, 0.6) is 0 Å². The number of halogens is 1. The molecule has 2 aromatic rings. The maximum Gasteiger partial charge on any atom is 0.158 e. The van der Waals surface area contributed by atoms with Crippen molar-refractivity contribution in [2.45, 2.75) is 11.9 Å². The lowest BCUT2D eigenvalue weighted by atomic mass is 10.4. The first-order valence-corrected chi connectivity index (χ1v) is 5.83. The Morgan fingerprint density at radius 2 is 2.47 bits per heavy atom. The molecule has 0 bridgehead atoms. The number of aromatic nitrogens is 2. The summed E-state index contributed by atoms with van der Waals surface area (Å²) in [6.07, 6.45) is 1.80. The lowest BCUT2D eigenvalue weighted by Crippen LogP contribution is -1.87. The van der Waals surface area contributed by atoms with E-state index < -0.39 is 0 Å². The molecule has 0 unspecified atom stereocenters. The lowest BCUT2D eigenvalue weighted by molar-refractivity contribution is 1.13. The Hall–Kier alpha value is -1.18. The molecular weight excluding hydrogens is 230 g/mol. The van der Waals surface area contributed by atoms with Crippen LogP contribution in [0.3, 0.4) is 0 Å². The van der Waals surface area contributed by atoms with E-state index in [0.29, 0.717) is 16.4 Å². The molecule has 0 aromatic carbocycles. The summed E-state index contributed by atoms with van der Waals surface area (Å²) >= 11 is 7.55. The van der Waals surface area contributed by atoms with E-state index in [1.54, 1.807) is 34.5 Å². The van der Waals surface area contributed by atoms with E-state index in [9.17, 15) is 0 Å². The van der Waals surface area contributed by atoms with Crippen molar-refractivity contribution < 1.29 is 0 Å². The Labute approximate surface area is 96.7 Å². The fourth-order valence-corrected chi connectivity index (χ4v) is 2.26. The van der Waals surface area contributed by atoms with Gasteiger partial charge in [0.25, 0.3) is 0 Å². The highest BCUT2D eigenvalue weighted by molar-refractivity contribution is 7.99. The summed E-state index contributed by atoms with van der Waals surface area (Å²) in [7, 11) is 0. The molecule has 0 N–H and O–H groups in total. The van der Waals surface area contributed by atoms with Gasteiger partial charge in [-0.05, 0) is 17.9 Å². The van der Waals surface area contributed by atoms with Crippen LogP contribution in [0.25, 0.3) is 5.65 Å². The molecule has 5 heteroatoms. The monoisotopic (exact) mass is 237 g/mol. The van der Waals surface area contributed by atoms with E-state index in [-0.39, 0.29) is 0 Å². The van der Waals surface area contributed by atoms with Crippen LogP contribution >= 0.6 is 23.4 Å². The molecule has 0 fully saturated rings. The van der Waals surface area contributed by atoms with Crippen LogP contribution in [0.4, 0.5) is 0 Å². The number of hydrogen-bond acceptors (Lipinski definition) is 3. The number of rotatable bonds is 2. The standard InChI is InChI=1S/C10H8ClN3S/c1-2-15-10-8(6-12)14-5-3-4-7(11)9(14)13-10/h3-5H,2H2,1H3. The third kappa shape index (κ3) is 1.69.